The van der Waals surface area contributed by atoms with Crippen LogP contribution in [0.1, 0.15) is 15.2 Å². The fourth-order valence-electron chi connectivity index (χ4n) is 2.95. The van der Waals surface area contributed by atoms with Gasteiger partial charge in [-0.25, -0.2) is 4.39 Å². The van der Waals surface area contributed by atoms with Gasteiger partial charge in [-0.05, 0) is 17.5 Å². The lowest BCUT2D eigenvalue weighted by Crippen LogP contribution is -2.51. The second kappa shape index (κ2) is 8.42. The first-order chi connectivity index (χ1) is 12.5. The van der Waals surface area contributed by atoms with Crippen molar-refractivity contribution in [2.75, 3.05) is 39.8 Å². The zero-order chi connectivity index (χ0) is 18.5. The summed E-state index contributed by atoms with van der Waals surface area (Å²) in [7, 11) is 1.69. The molecule has 0 aliphatic carbocycles. The Morgan fingerprint density at radius 3 is 2.50 bits per heavy atom. The van der Waals surface area contributed by atoms with Crippen LogP contribution in [-0.4, -0.2) is 66.3 Å². The fraction of sp³-hybridized carbons (Fsp3) is 0.368. The third-order valence-corrected chi connectivity index (χ3v) is 5.40. The van der Waals surface area contributed by atoms with Crippen molar-refractivity contribution in [3.05, 3.63) is 58.0 Å². The lowest BCUT2D eigenvalue weighted by Gasteiger charge is -2.34. The third-order valence-electron chi connectivity index (χ3n) is 4.54. The maximum absolute atomic E-state index is 13.7. The molecule has 26 heavy (non-hydrogen) atoms. The highest BCUT2D eigenvalue weighted by Crippen LogP contribution is 2.14. The van der Waals surface area contributed by atoms with E-state index in [1.165, 1.54) is 17.4 Å². The number of carbonyl (C=O) groups excluding carboxylic acids is 2. The topological polar surface area (TPSA) is 43.9 Å². The van der Waals surface area contributed by atoms with E-state index in [-0.39, 0.29) is 30.7 Å². The predicted octanol–water partition coefficient (Wildman–Crippen LogP) is 2.30. The van der Waals surface area contributed by atoms with E-state index in [2.05, 4.69) is 0 Å². The first-order valence-corrected chi connectivity index (χ1v) is 9.45. The number of carbonyl (C=O) groups is 2. The van der Waals surface area contributed by atoms with Crippen LogP contribution in [0, 0.1) is 5.82 Å². The van der Waals surface area contributed by atoms with E-state index in [1.54, 1.807) is 30.1 Å². The minimum absolute atomic E-state index is 0.0497. The van der Waals surface area contributed by atoms with Crippen molar-refractivity contribution in [1.29, 1.82) is 0 Å². The molecule has 1 aliphatic heterocycles. The van der Waals surface area contributed by atoms with Gasteiger partial charge in [0.1, 0.15) is 5.82 Å². The Labute approximate surface area is 156 Å². The van der Waals surface area contributed by atoms with Gasteiger partial charge in [0.2, 0.25) is 5.91 Å². The van der Waals surface area contributed by atoms with Crippen LogP contribution in [0.5, 0.6) is 0 Å². The number of halogens is 1. The van der Waals surface area contributed by atoms with E-state index >= 15 is 0 Å². The van der Waals surface area contributed by atoms with Crippen LogP contribution < -0.4 is 0 Å². The van der Waals surface area contributed by atoms with Crippen LogP contribution in [-0.2, 0) is 11.3 Å². The highest BCUT2D eigenvalue weighted by atomic mass is 32.1. The van der Waals surface area contributed by atoms with Crippen LogP contribution >= 0.6 is 11.3 Å². The molecule has 2 amide bonds. The van der Waals surface area contributed by atoms with E-state index in [1.807, 2.05) is 27.3 Å². The zero-order valence-corrected chi connectivity index (χ0v) is 15.5. The lowest BCUT2D eigenvalue weighted by atomic mass is 10.2. The number of thiophene rings is 1. The van der Waals surface area contributed by atoms with Crippen LogP contribution in [0.4, 0.5) is 4.39 Å². The average Bonchev–Trinajstić information content (AvgIpc) is 3.18. The minimum Gasteiger partial charge on any atom is -0.340 e. The quantitative estimate of drug-likeness (QED) is 0.806. The standard InChI is InChI=1S/C19H22FN3O2S/c1-21(13-15-5-2-3-6-16(15)20)18(24)14-22-8-10-23(11-9-22)19(25)17-7-4-12-26-17/h2-7,12H,8-11,13-14H2,1H3. The predicted molar refractivity (Wildman–Crippen MR) is 99.5 cm³/mol. The summed E-state index contributed by atoms with van der Waals surface area (Å²) < 4.78 is 13.7. The maximum atomic E-state index is 13.7. The van der Waals surface area contributed by atoms with Crippen molar-refractivity contribution < 1.29 is 14.0 Å². The van der Waals surface area contributed by atoms with Gasteiger partial charge in [-0.3, -0.25) is 14.5 Å². The summed E-state index contributed by atoms with van der Waals surface area (Å²) >= 11 is 1.45. The second-order valence-corrected chi connectivity index (χ2v) is 7.33. The van der Waals surface area contributed by atoms with Gasteiger partial charge in [0, 0.05) is 45.3 Å². The molecule has 1 aromatic carbocycles. The van der Waals surface area contributed by atoms with Crippen LogP contribution in [0.25, 0.3) is 0 Å². The Kier molecular flexibility index (Phi) is 6.00. The van der Waals surface area contributed by atoms with Crippen LogP contribution in [0.2, 0.25) is 0 Å². The Hall–Kier alpha value is -2.25. The van der Waals surface area contributed by atoms with Gasteiger partial charge in [-0.2, -0.15) is 0 Å². The Bertz CT molecular complexity index is 758. The molecule has 0 bridgehead atoms. The van der Waals surface area contributed by atoms with Crippen molar-refractivity contribution in [3.8, 4) is 0 Å². The van der Waals surface area contributed by atoms with E-state index in [0.717, 1.165) is 4.88 Å². The summed E-state index contributed by atoms with van der Waals surface area (Å²) in [4.78, 5) is 30.9. The van der Waals surface area contributed by atoms with Gasteiger partial charge in [0.15, 0.2) is 0 Å². The highest BCUT2D eigenvalue weighted by Gasteiger charge is 2.24. The Morgan fingerprint density at radius 1 is 1.12 bits per heavy atom. The fourth-order valence-corrected chi connectivity index (χ4v) is 3.64. The van der Waals surface area contributed by atoms with E-state index in [9.17, 15) is 14.0 Å². The molecule has 3 rings (SSSR count). The molecule has 1 saturated heterocycles. The van der Waals surface area contributed by atoms with Crippen LogP contribution in [0.3, 0.4) is 0 Å². The molecule has 5 nitrogen and oxygen atoms in total. The number of piperazine rings is 1. The summed E-state index contributed by atoms with van der Waals surface area (Å²) in [6, 6.07) is 10.2. The summed E-state index contributed by atoms with van der Waals surface area (Å²) in [5.41, 5.74) is 0.509. The number of hydrogen-bond donors (Lipinski definition) is 0. The van der Waals surface area contributed by atoms with Gasteiger partial charge < -0.3 is 9.80 Å². The average molecular weight is 375 g/mol. The van der Waals surface area contributed by atoms with Crippen molar-refractivity contribution in [2.24, 2.45) is 0 Å². The summed E-state index contributed by atoms with van der Waals surface area (Å²) in [6.45, 7) is 3.09. The van der Waals surface area contributed by atoms with Crippen molar-refractivity contribution in [3.63, 3.8) is 0 Å². The zero-order valence-electron chi connectivity index (χ0n) is 14.7. The minimum atomic E-state index is -0.298. The largest absolute Gasteiger partial charge is 0.340 e. The van der Waals surface area contributed by atoms with Gasteiger partial charge >= 0.3 is 0 Å². The van der Waals surface area contributed by atoms with Gasteiger partial charge in [-0.15, -0.1) is 11.3 Å². The molecule has 0 saturated carbocycles. The molecule has 0 unspecified atom stereocenters. The number of likely N-dealkylation sites (N-methyl/N-ethyl adjacent to an activating group) is 1. The van der Waals surface area contributed by atoms with Crippen molar-refractivity contribution in [1.82, 2.24) is 14.7 Å². The Morgan fingerprint density at radius 2 is 1.85 bits per heavy atom. The number of nitrogens with zero attached hydrogens (tertiary/aromatic N) is 3. The molecule has 0 radical (unpaired) electrons. The van der Waals surface area contributed by atoms with Crippen LogP contribution in [0.15, 0.2) is 41.8 Å². The molecule has 1 aliphatic rings. The smallest absolute Gasteiger partial charge is 0.264 e. The van der Waals surface area contributed by atoms with E-state index in [4.69, 9.17) is 0 Å². The second-order valence-electron chi connectivity index (χ2n) is 6.39. The summed E-state index contributed by atoms with van der Waals surface area (Å²) in [5.74, 6) is -0.290. The highest BCUT2D eigenvalue weighted by molar-refractivity contribution is 7.12. The van der Waals surface area contributed by atoms with E-state index in [0.29, 0.717) is 31.7 Å². The molecule has 138 valence electrons. The number of rotatable bonds is 5. The first kappa shape index (κ1) is 18.5. The molecule has 2 heterocycles. The van der Waals surface area contributed by atoms with Gasteiger partial charge in [0.25, 0.3) is 5.91 Å². The number of benzene rings is 1. The first-order valence-electron chi connectivity index (χ1n) is 8.57. The normalized spacial score (nSPS) is 15.1. The SMILES string of the molecule is CN(Cc1ccccc1F)C(=O)CN1CCN(C(=O)c2cccs2)CC1. The molecule has 7 heteroatoms. The van der Waals surface area contributed by atoms with Crippen molar-refractivity contribution >= 4 is 23.2 Å². The van der Waals surface area contributed by atoms with Gasteiger partial charge in [0.05, 0.1) is 11.4 Å². The maximum Gasteiger partial charge on any atom is 0.264 e. The van der Waals surface area contributed by atoms with E-state index < -0.39 is 0 Å². The Balaban J connectivity index is 1.47. The molecule has 2 aromatic rings. The molecule has 0 spiro atoms. The molecular formula is C19H22FN3O2S. The lowest BCUT2D eigenvalue weighted by molar-refractivity contribution is -0.132. The number of hydrogen-bond acceptors (Lipinski definition) is 4. The summed E-state index contributed by atoms with van der Waals surface area (Å²) in [6.07, 6.45) is 0. The molecular weight excluding hydrogens is 353 g/mol. The molecule has 1 fully saturated rings. The summed E-state index contributed by atoms with van der Waals surface area (Å²) in [5, 5.41) is 1.90. The monoisotopic (exact) mass is 375 g/mol. The van der Waals surface area contributed by atoms with Crippen molar-refractivity contribution in [2.45, 2.75) is 6.54 Å². The number of amides is 2. The molecule has 0 atom stereocenters. The molecule has 0 N–H and O–H groups in total. The third kappa shape index (κ3) is 4.47. The molecule has 1 aromatic heterocycles. The van der Waals surface area contributed by atoms with Gasteiger partial charge in [-0.1, -0.05) is 24.3 Å².